The molecule has 0 aliphatic heterocycles. The minimum atomic E-state index is -0.557. The van der Waals surface area contributed by atoms with Crippen molar-refractivity contribution in [2.75, 3.05) is 17.7 Å². The smallest absolute Gasteiger partial charge is 0.252 e. The minimum absolute atomic E-state index is 0.118. The molecule has 1 aromatic heterocycles. The van der Waals surface area contributed by atoms with E-state index in [9.17, 15) is 9.90 Å². The van der Waals surface area contributed by atoms with Crippen molar-refractivity contribution in [3.05, 3.63) is 17.8 Å². The van der Waals surface area contributed by atoms with Crippen LogP contribution in [0.1, 0.15) is 36.0 Å². The Hall–Kier alpha value is -1.82. The van der Waals surface area contributed by atoms with E-state index in [1.807, 2.05) is 0 Å². The normalized spacial score (nSPS) is 23.0. The minimum Gasteiger partial charge on any atom is -0.397 e. The summed E-state index contributed by atoms with van der Waals surface area (Å²) in [5.74, 6) is 0.0829. The summed E-state index contributed by atoms with van der Waals surface area (Å²) in [5.41, 5.74) is 11.6. The van der Waals surface area contributed by atoms with E-state index in [1.54, 1.807) is 0 Å². The van der Waals surface area contributed by atoms with Crippen LogP contribution in [-0.4, -0.2) is 28.6 Å². The first kappa shape index (κ1) is 13.6. The van der Waals surface area contributed by atoms with Crippen LogP contribution in [0.2, 0.25) is 0 Å². The molecule has 19 heavy (non-hydrogen) atoms. The van der Waals surface area contributed by atoms with E-state index in [2.05, 4.69) is 10.3 Å². The predicted octanol–water partition coefficient (Wildman–Crippen LogP) is 0.726. The molecule has 1 aliphatic carbocycles. The Labute approximate surface area is 112 Å². The van der Waals surface area contributed by atoms with Gasteiger partial charge in [0.1, 0.15) is 5.82 Å². The van der Waals surface area contributed by atoms with Crippen LogP contribution in [0.15, 0.2) is 12.3 Å². The molecule has 0 aromatic carbocycles. The van der Waals surface area contributed by atoms with Crippen molar-refractivity contribution < 1.29 is 9.90 Å². The molecule has 104 valence electrons. The van der Waals surface area contributed by atoms with E-state index >= 15 is 0 Å². The monoisotopic (exact) mass is 264 g/mol. The van der Waals surface area contributed by atoms with Gasteiger partial charge in [-0.15, -0.1) is 0 Å². The largest absolute Gasteiger partial charge is 0.397 e. The van der Waals surface area contributed by atoms with Crippen molar-refractivity contribution in [3.63, 3.8) is 0 Å². The van der Waals surface area contributed by atoms with Gasteiger partial charge in [-0.3, -0.25) is 4.79 Å². The molecule has 1 aromatic rings. The summed E-state index contributed by atoms with van der Waals surface area (Å²) < 4.78 is 0. The average Bonchev–Trinajstić information content (AvgIpc) is 2.41. The molecule has 1 fully saturated rings. The zero-order valence-electron chi connectivity index (χ0n) is 10.8. The van der Waals surface area contributed by atoms with Crippen LogP contribution in [0.5, 0.6) is 0 Å². The number of rotatable bonds is 4. The predicted molar refractivity (Wildman–Crippen MR) is 73.6 cm³/mol. The van der Waals surface area contributed by atoms with E-state index in [0.717, 1.165) is 25.7 Å². The molecule has 2 unspecified atom stereocenters. The van der Waals surface area contributed by atoms with Gasteiger partial charge < -0.3 is 21.9 Å². The number of aromatic nitrogens is 1. The van der Waals surface area contributed by atoms with Gasteiger partial charge in [0.2, 0.25) is 0 Å². The summed E-state index contributed by atoms with van der Waals surface area (Å²) in [5, 5.41) is 12.6. The summed E-state index contributed by atoms with van der Waals surface area (Å²) in [7, 11) is 0. The zero-order valence-corrected chi connectivity index (χ0v) is 10.8. The first-order chi connectivity index (χ1) is 9.11. The Morgan fingerprint density at radius 3 is 2.89 bits per heavy atom. The first-order valence-electron chi connectivity index (χ1n) is 6.54. The molecule has 0 radical (unpaired) electrons. The number of nitrogens with zero attached hydrogens (tertiary/aromatic N) is 1. The number of aliphatic hydroxyl groups is 1. The van der Waals surface area contributed by atoms with Crippen LogP contribution in [-0.2, 0) is 0 Å². The Morgan fingerprint density at radius 1 is 1.47 bits per heavy atom. The molecule has 1 saturated carbocycles. The van der Waals surface area contributed by atoms with E-state index in [0.29, 0.717) is 17.1 Å². The standard InChI is InChI=1S/C13H20N4O2/c14-9-5-10(12(15)19)13(16-6-9)17-11-4-2-1-3-8(11)7-18/h5-6,8,11,18H,1-4,7,14H2,(H2,15,19)(H,16,17). The summed E-state index contributed by atoms with van der Waals surface area (Å²) in [6.07, 6.45) is 5.66. The first-order valence-corrected chi connectivity index (χ1v) is 6.54. The number of nitrogens with two attached hydrogens (primary N) is 2. The number of anilines is 2. The lowest BCUT2D eigenvalue weighted by Gasteiger charge is -2.31. The summed E-state index contributed by atoms with van der Waals surface area (Å²) in [4.78, 5) is 15.5. The van der Waals surface area contributed by atoms with Gasteiger partial charge in [0.25, 0.3) is 5.91 Å². The fourth-order valence-corrected chi connectivity index (χ4v) is 2.58. The van der Waals surface area contributed by atoms with Crippen LogP contribution in [0.3, 0.4) is 0 Å². The highest BCUT2D eigenvalue weighted by Crippen LogP contribution is 2.27. The van der Waals surface area contributed by atoms with Crippen molar-refractivity contribution in [2.45, 2.75) is 31.7 Å². The summed E-state index contributed by atoms with van der Waals surface area (Å²) >= 11 is 0. The van der Waals surface area contributed by atoms with Gasteiger partial charge in [0.15, 0.2) is 0 Å². The maximum atomic E-state index is 11.4. The van der Waals surface area contributed by atoms with Crippen molar-refractivity contribution in [1.29, 1.82) is 0 Å². The number of primary amides is 1. The van der Waals surface area contributed by atoms with Gasteiger partial charge in [-0.25, -0.2) is 4.98 Å². The molecule has 2 rings (SSSR count). The number of amides is 1. The molecule has 6 nitrogen and oxygen atoms in total. The van der Waals surface area contributed by atoms with Crippen molar-refractivity contribution in [1.82, 2.24) is 4.98 Å². The molecule has 1 heterocycles. The molecular weight excluding hydrogens is 244 g/mol. The highest BCUT2D eigenvalue weighted by molar-refractivity contribution is 5.98. The molecule has 6 N–H and O–H groups in total. The lowest BCUT2D eigenvalue weighted by atomic mass is 9.85. The zero-order chi connectivity index (χ0) is 13.8. The van der Waals surface area contributed by atoms with Crippen molar-refractivity contribution in [2.24, 2.45) is 11.7 Å². The molecule has 1 amide bonds. The quantitative estimate of drug-likeness (QED) is 0.640. The lowest BCUT2D eigenvalue weighted by molar-refractivity contribution is 0.100. The van der Waals surface area contributed by atoms with Crippen LogP contribution < -0.4 is 16.8 Å². The number of nitrogens with one attached hydrogen (secondary N) is 1. The molecule has 1 aliphatic rings. The maximum Gasteiger partial charge on any atom is 0.252 e. The average molecular weight is 264 g/mol. The number of hydrogen-bond donors (Lipinski definition) is 4. The lowest BCUT2D eigenvalue weighted by Crippen LogP contribution is -2.35. The van der Waals surface area contributed by atoms with Crippen LogP contribution >= 0.6 is 0 Å². The Balaban J connectivity index is 2.20. The number of aliphatic hydroxyl groups excluding tert-OH is 1. The topological polar surface area (TPSA) is 114 Å². The van der Waals surface area contributed by atoms with Crippen LogP contribution in [0.4, 0.5) is 11.5 Å². The van der Waals surface area contributed by atoms with Gasteiger partial charge >= 0.3 is 0 Å². The highest BCUT2D eigenvalue weighted by Gasteiger charge is 2.25. The second-order valence-electron chi connectivity index (χ2n) is 5.01. The number of hydrogen-bond acceptors (Lipinski definition) is 5. The fraction of sp³-hybridized carbons (Fsp3) is 0.538. The van der Waals surface area contributed by atoms with E-state index < -0.39 is 5.91 Å². The van der Waals surface area contributed by atoms with Crippen LogP contribution in [0, 0.1) is 5.92 Å². The van der Waals surface area contributed by atoms with Crippen molar-refractivity contribution in [3.8, 4) is 0 Å². The number of pyridine rings is 1. The SMILES string of the molecule is NC(=O)c1cc(N)cnc1NC1CCCCC1CO. The van der Waals surface area contributed by atoms with Gasteiger partial charge in [-0.1, -0.05) is 12.8 Å². The highest BCUT2D eigenvalue weighted by atomic mass is 16.3. The van der Waals surface area contributed by atoms with E-state index in [1.165, 1.54) is 12.3 Å². The van der Waals surface area contributed by atoms with Gasteiger partial charge in [0.05, 0.1) is 17.4 Å². The number of carbonyl (C=O) groups is 1. The molecule has 6 heteroatoms. The third-order valence-corrected chi connectivity index (χ3v) is 3.64. The van der Waals surface area contributed by atoms with Gasteiger partial charge in [-0.05, 0) is 18.9 Å². The summed E-state index contributed by atoms with van der Waals surface area (Å²) in [6, 6.07) is 1.64. The Kier molecular flexibility index (Phi) is 4.21. The molecule has 2 atom stereocenters. The Morgan fingerprint density at radius 2 is 2.21 bits per heavy atom. The van der Waals surface area contributed by atoms with Crippen molar-refractivity contribution >= 4 is 17.4 Å². The third kappa shape index (κ3) is 3.14. The molecule has 0 spiro atoms. The van der Waals surface area contributed by atoms with Gasteiger partial charge in [-0.2, -0.15) is 0 Å². The van der Waals surface area contributed by atoms with Gasteiger partial charge in [0, 0.05) is 18.6 Å². The third-order valence-electron chi connectivity index (χ3n) is 3.64. The molecular formula is C13H20N4O2. The fourth-order valence-electron chi connectivity index (χ4n) is 2.58. The number of carbonyl (C=O) groups excluding carboxylic acids is 1. The molecule has 0 saturated heterocycles. The maximum absolute atomic E-state index is 11.4. The van der Waals surface area contributed by atoms with E-state index in [-0.39, 0.29) is 18.6 Å². The Bertz CT molecular complexity index is 464. The van der Waals surface area contributed by atoms with E-state index in [4.69, 9.17) is 11.5 Å². The van der Waals surface area contributed by atoms with Crippen LogP contribution in [0.25, 0.3) is 0 Å². The summed E-state index contributed by atoms with van der Waals surface area (Å²) in [6.45, 7) is 0.137. The second-order valence-corrected chi connectivity index (χ2v) is 5.01. The second kappa shape index (κ2) is 5.88. The molecule has 0 bridgehead atoms. The number of nitrogen functional groups attached to an aromatic ring is 1.